The van der Waals surface area contributed by atoms with Gasteiger partial charge >= 0.3 is 0 Å². The zero-order chi connectivity index (χ0) is 77.4. The van der Waals surface area contributed by atoms with Crippen molar-refractivity contribution >= 4 is 5.91 Å². The summed E-state index contributed by atoms with van der Waals surface area (Å²) in [6.45, 7) is 1.60. The minimum absolute atomic E-state index is 0.226. The SMILES string of the molecule is CC/C=C\C/C=C\C/C=C\C/C=C\C/C=C\C/C=C\C/C=C\C/C=C\CCCCCCCCCCCCCCCCCCC(=O)NC(COC1OC(CO)C(OC2OC(CO)C(OC3OC(CO)C(O)C(O)C3O)C(O)C2O)C(O)C1O)C(O)/C=C/CC/C=C/CC/C=C/CCCCCCCCCCCCC. The Balaban J connectivity index is 1.33. The Bertz CT molecular complexity index is 2450. The average molecular weight is 1510 g/mol. The highest BCUT2D eigenvalue weighted by molar-refractivity contribution is 5.76. The van der Waals surface area contributed by atoms with Crippen LogP contribution in [-0.4, -0.2) is 193 Å². The van der Waals surface area contributed by atoms with Crippen molar-refractivity contribution in [1.82, 2.24) is 5.32 Å². The molecule has 0 aromatic carbocycles. The molecule has 0 aromatic heterocycles. The summed E-state index contributed by atoms with van der Waals surface area (Å²) in [6, 6.07) is -1.00. The molecule has 0 aliphatic carbocycles. The van der Waals surface area contributed by atoms with E-state index in [9.17, 15) is 61.0 Å². The number of aliphatic hydroxyl groups excluding tert-OH is 11. The lowest BCUT2D eigenvalue weighted by molar-refractivity contribution is -0.379. The summed E-state index contributed by atoms with van der Waals surface area (Å²) in [6.07, 6.45) is 68.7. The Morgan fingerprint density at radius 3 is 1.05 bits per heavy atom. The Labute approximate surface area is 645 Å². The van der Waals surface area contributed by atoms with Gasteiger partial charge in [0, 0.05) is 6.42 Å². The molecule has 0 bridgehead atoms. The van der Waals surface area contributed by atoms with E-state index in [0.717, 1.165) is 109 Å². The van der Waals surface area contributed by atoms with Crippen molar-refractivity contribution < 1.29 is 89.4 Å². The summed E-state index contributed by atoms with van der Waals surface area (Å²) < 4.78 is 34.4. The molecule has 3 aliphatic rings. The van der Waals surface area contributed by atoms with Crippen LogP contribution in [0.5, 0.6) is 0 Å². The highest BCUT2D eigenvalue weighted by Crippen LogP contribution is 2.33. The maximum absolute atomic E-state index is 13.5. The van der Waals surface area contributed by atoms with E-state index in [4.69, 9.17) is 28.4 Å². The molecule has 614 valence electrons. The van der Waals surface area contributed by atoms with E-state index < -0.39 is 124 Å². The van der Waals surface area contributed by atoms with Crippen LogP contribution in [0, 0.1) is 0 Å². The summed E-state index contributed by atoms with van der Waals surface area (Å²) in [5, 5.41) is 121. The van der Waals surface area contributed by atoms with Crippen LogP contribution < -0.4 is 5.32 Å². The number of carbonyl (C=O) groups is 1. The van der Waals surface area contributed by atoms with Gasteiger partial charge < -0.3 is 89.9 Å². The van der Waals surface area contributed by atoms with Crippen molar-refractivity contribution in [2.45, 2.75) is 388 Å². The van der Waals surface area contributed by atoms with Crippen LogP contribution in [-0.2, 0) is 33.2 Å². The topological polar surface area (TPSA) is 307 Å². The number of unbranched alkanes of at least 4 members (excludes halogenated alkanes) is 29. The molecular weight excluding hydrogens is 1360 g/mol. The van der Waals surface area contributed by atoms with Gasteiger partial charge in [-0.05, 0) is 109 Å². The average Bonchev–Trinajstić information content (AvgIpc) is 0.782. The van der Waals surface area contributed by atoms with Crippen molar-refractivity contribution in [1.29, 1.82) is 0 Å². The first kappa shape index (κ1) is 97.1. The molecular formula is C88H149NO18. The Hall–Kier alpha value is -4.07. The number of carbonyl (C=O) groups excluding carboxylic acids is 1. The maximum Gasteiger partial charge on any atom is 0.220 e. The molecule has 17 unspecified atom stereocenters. The van der Waals surface area contributed by atoms with Crippen LogP contribution in [0.2, 0.25) is 0 Å². The first-order chi connectivity index (χ1) is 52.3. The van der Waals surface area contributed by atoms with Crippen LogP contribution >= 0.6 is 0 Å². The van der Waals surface area contributed by atoms with Crippen LogP contribution in [0.25, 0.3) is 0 Å². The third-order valence-electron chi connectivity index (χ3n) is 19.9. The van der Waals surface area contributed by atoms with Gasteiger partial charge in [0.05, 0.1) is 38.6 Å². The Morgan fingerprint density at radius 2 is 0.654 bits per heavy atom. The quantitative estimate of drug-likeness (QED) is 0.0199. The maximum atomic E-state index is 13.5. The van der Waals surface area contributed by atoms with Gasteiger partial charge in [-0.15, -0.1) is 0 Å². The third-order valence-corrected chi connectivity index (χ3v) is 19.9. The van der Waals surface area contributed by atoms with E-state index in [2.05, 4.69) is 141 Å². The molecule has 107 heavy (non-hydrogen) atoms. The highest BCUT2D eigenvalue weighted by Gasteiger charge is 2.54. The van der Waals surface area contributed by atoms with Gasteiger partial charge in [-0.2, -0.15) is 0 Å². The van der Waals surface area contributed by atoms with Crippen LogP contribution in [0.3, 0.4) is 0 Å². The van der Waals surface area contributed by atoms with E-state index in [1.807, 2.05) is 6.08 Å². The van der Waals surface area contributed by atoms with Gasteiger partial charge in [0.1, 0.15) is 73.2 Å². The zero-order valence-electron chi connectivity index (χ0n) is 65.8. The predicted molar refractivity (Wildman–Crippen MR) is 429 cm³/mol. The fourth-order valence-corrected chi connectivity index (χ4v) is 13.2. The lowest BCUT2D eigenvalue weighted by atomic mass is 9.96. The number of hydrogen-bond acceptors (Lipinski definition) is 18. The summed E-state index contributed by atoms with van der Waals surface area (Å²) in [7, 11) is 0. The van der Waals surface area contributed by atoms with E-state index in [1.165, 1.54) is 141 Å². The van der Waals surface area contributed by atoms with E-state index >= 15 is 0 Å². The molecule has 12 N–H and O–H groups in total. The molecule has 0 radical (unpaired) electrons. The van der Waals surface area contributed by atoms with Crippen LogP contribution in [0.4, 0.5) is 0 Å². The van der Waals surface area contributed by atoms with Crippen molar-refractivity contribution in [2.24, 2.45) is 0 Å². The third kappa shape index (κ3) is 45.9. The number of nitrogens with one attached hydrogen (secondary N) is 1. The zero-order valence-corrected chi connectivity index (χ0v) is 65.8. The number of rotatable bonds is 65. The monoisotopic (exact) mass is 1510 g/mol. The van der Waals surface area contributed by atoms with Gasteiger partial charge in [0.2, 0.25) is 5.91 Å². The molecule has 17 atom stereocenters. The second-order valence-electron chi connectivity index (χ2n) is 29.2. The second kappa shape index (κ2) is 66.5. The van der Waals surface area contributed by atoms with Crippen LogP contribution in [0.15, 0.2) is 134 Å². The lowest BCUT2D eigenvalue weighted by Gasteiger charge is -2.48. The molecule has 3 heterocycles. The minimum atomic E-state index is -1.99. The summed E-state index contributed by atoms with van der Waals surface area (Å²) in [4.78, 5) is 13.5. The normalized spacial score (nSPS) is 26.2. The molecule has 0 spiro atoms. The molecule has 19 heteroatoms. The largest absolute Gasteiger partial charge is 0.394 e. The Morgan fingerprint density at radius 1 is 0.346 bits per heavy atom. The smallest absolute Gasteiger partial charge is 0.220 e. The van der Waals surface area contributed by atoms with Crippen molar-refractivity contribution in [3.63, 3.8) is 0 Å². The Kier molecular flexibility index (Phi) is 60.4. The fraction of sp³-hybridized carbons (Fsp3) is 0.739. The van der Waals surface area contributed by atoms with Crippen LogP contribution in [0.1, 0.15) is 284 Å². The molecule has 0 aromatic rings. The number of amides is 1. The molecule has 3 fully saturated rings. The van der Waals surface area contributed by atoms with Crippen molar-refractivity contribution in [3.05, 3.63) is 134 Å². The van der Waals surface area contributed by atoms with E-state index in [0.29, 0.717) is 12.8 Å². The lowest BCUT2D eigenvalue weighted by Crippen LogP contribution is -2.66. The fourth-order valence-electron chi connectivity index (χ4n) is 13.2. The van der Waals surface area contributed by atoms with Gasteiger partial charge in [-0.3, -0.25) is 4.79 Å². The first-order valence-electron chi connectivity index (χ1n) is 41.9. The van der Waals surface area contributed by atoms with Crippen molar-refractivity contribution in [3.8, 4) is 0 Å². The number of allylic oxidation sites excluding steroid dienone is 21. The van der Waals surface area contributed by atoms with E-state index in [1.54, 1.807) is 6.08 Å². The predicted octanol–water partition coefficient (Wildman–Crippen LogP) is 14.8. The minimum Gasteiger partial charge on any atom is -0.394 e. The molecule has 3 aliphatic heterocycles. The second-order valence-corrected chi connectivity index (χ2v) is 29.2. The van der Waals surface area contributed by atoms with Gasteiger partial charge in [0.15, 0.2) is 18.9 Å². The first-order valence-corrected chi connectivity index (χ1v) is 41.9. The number of ether oxygens (including phenoxy) is 6. The molecule has 1 amide bonds. The molecule has 3 rings (SSSR count). The summed E-state index contributed by atoms with van der Waals surface area (Å²) in [5.41, 5.74) is 0. The molecule has 0 saturated carbocycles. The summed E-state index contributed by atoms with van der Waals surface area (Å²) >= 11 is 0. The molecule has 3 saturated heterocycles. The van der Waals surface area contributed by atoms with Gasteiger partial charge in [-0.1, -0.05) is 302 Å². The van der Waals surface area contributed by atoms with Gasteiger partial charge in [0.25, 0.3) is 0 Å². The number of aliphatic hydroxyl groups is 11. The highest BCUT2D eigenvalue weighted by atomic mass is 16.8. The summed E-state index contributed by atoms with van der Waals surface area (Å²) in [5.74, 6) is -0.292. The van der Waals surface area contributed by atoms with Gasteiger partial charge in [-0.25, -0.2) is 0 Å². The van der Waals surface area contributed by atoms with E-state index in [-0.39, 0.29) is 18.9 Å². The standard InChI is InChI=1S/C88H149NO18/c1-3-5-7-9-11-13-15-17-19-21-23-25-26-27-28-29-30-31-32-33-34-35-36-37-38-39-40-41-42-43-44-46-48-50-52-54-56-58-60-62-64-66-76(94)89-71(72(93)65-63-61-59-57-55-53-51-49-47-45-24-22-20-18-16-14-12-10-8-6-4-2)70-102-86-82(100)79(97)84(74(68-91)104-86)107-88-83(101)80(98)85(75(69-92)105-88)106-87-81(99)78(96)77(95)73(67-90)103-87/h5,7,11,13,17,19,23,25,27-28,30-31,33-34,36-37,47,49,55,57,63,65,71-75,77-88,90-93,95-101H,3-4,6,8-10,12,14-16,18,20-22,24,26,29,32,35,38-46,48,50-54,56,58-62,64,66-70H2,1-2H3,(H,89,94)/b7-5-,13-11-,19-17-,25-23-,28-27-,31-30-,34-33-,37-36-,49-47+,57-55+,65-63+. The number of hydrogen-bond donors (Lipinski definition) is 12. The molecule has 19 nitrogen and oxygen atoms in total. The van der Waals surface area contributed by atoms with Crippen molar-refractivity contribution in [2.75, 3.05) is 26.4 Å².